The van der Waals surface area contributed by atoms with Crippen molar-refractivity contribution in [2.75, 3.05) is 11.5 Å². The number of thioether (sulfide) groups is 1. The molecule has 0 fully saturated rings. The fraction of sp³-hybridized carbons (Fsp3) is 0.300. The minimum atomic E-state index is 0.128. The molecule has 0 aliphatic heterocycles. The lowest BCUT2D eigenvalue weighted by Gasteiger charge is -1.97. The Kier molecular flexibility index (Phi) is 5.28. The van der Waals surface area contributed by atoms with E-state index in [0.29, 0.717) is 5.69 Å². The quantitative estimate of drug-likeness (QED) is 0.839. The topological polar surface area (TPSA) is 68.9 Å². The number of carbonyl (C=O) groups is 1. The van der Waals surface area contributed by atoms with Crippen LogP contribution in [-0.4, -0.2) is 20.8 Å². The highest BCUT2D eigenvalue weighted by atomic mass is 35.5. The SMILES string of the molecule is CC(=O)SCCC=Cc1cnc(N)c(Cl)n1. The maximum absolute atomic E-state index is 10.6. The summed E-state index contributed by atoms with van der Waals surface area (Å²) in [5.74, 6) is 0.994. The molecule has 1 aromatic rings. The maximum Gasteiger partial charge on any atom is 0.185 e. The van der Waals surface area contributed by atoms with E-state index in [1.807, 2.05) is 6.08 Å². The first-order valence-corrected chi connectivity index (χ1v) is 6.04. The molecule has 4 nitrogen and oxygen atoms in total. The van der Waals surface area contributed by atoms with Crippen molar-refractivity contribution < 1.29 is 4.79 Å². The first-order valence-electron chi connectivity index (χ1n) is 4.67. The van der Waals surface area contributed by atoms with Gasteiger partial charge in [-0.05, 0) is 12.5 Å². The van der Waals surface area contributed by atoms with Crippen molar-refractivity contribution in [3.63, 3.8) is 0 Å². The molecule has 0 unspecified atom stereocenters. The third kappa shape index (κ3) is 4.63. The van der Waals surface area contributed by atoms with Crippen LogP contribution in [0, 0.1) is 0 Å². The lowest BCUT2D eigenvalue weighted by molar-refractivity contribution is -0.109. The zero-order valence-electron chi connectivity index (χ0n) is 8.81. The van der Waals surface area contributed by atoms with E-state index in [1.54, 1.807) is 19.2 Å². The number of rotatable bonds is 4. The van der Waals surface area contributed by atoms with Crippen LogP contribution in [0.3, 0.4) is 0 Å². The molecule has 0 aromatic carbocycles. The first kappa shape index (κ1) is 13.0. The van der Waals surface area contributed by atoms with Gasteiger partial charge in [-0.25, -0.2) is 9.97 Å². The van der Waals surface area contributed by atoms with Crippen LogP contribution in [0.1, 0.15) is 19.0 Å². The number of nitrogens with zero attached hydrogens (tertiary/aromatic N) is 2. The highest BCUT2D eigenvalue weighted by Crippen LogP contribution is 2.13. The van der Waals surface area contributed by atoms with Crippen LogP contribution in [0.4, 0.5) is 5.82 Å². The molecule has 16 heavy (non-hydrogen) atoms. The van der Waals surface area contributed by atoms with Crippen molar-refractivity contribution in [2.24, 2.45) is 0 Å². The van der Waals surface area contributed by atoms with Crippen molar-refractivity contribution in [1.29, 1.82) is 0 Å². The van der Waals surface area contributed by atoms with Crippen LogP contribution in [0.25, 0.3) is 6.08 Å². The van der Waals surface area contributed by atoms with Crippen LogP contribution < -0.4 is 5.73 Å². The summed E-state index contributed by atoms with van der Waals surface area (Å²) in [4.78, 5) is 18.5. The summed E-state index contributed by atoms with van der Waals surface area (Å²) in [5, 5.41) is 0.337. The number of carbonyl (C=O) groups excluding carboxylic acids is 1. The maximum atomic E-state index is 10.6. The summed E-state index contributed by atoms with van der Waals surface area (Å²) in [6, 6.07) is 0. The second-order valence-corrected chi connectivity index (χ2v) is 4.63. The molecule has 2 N–H and O–H groups in total. The Hall–Kier alpha value is -1.07. The van der Waals surface area contributed by atoms with Crippen LogP contribution >= 0.6 is 23.4 Å². The number of anilines is 1. The number of hydrogen-bond acceptors (Lipinski definition) is 5. The van der Waals surface area contributed by atoms with Crippen molar-refractivity contribution in [1.82, 2.24) is 9.97 Å². The molecule has 0 spiro atoms. The molecule has 0 saturated heterocycles. The Morgan fingerprint density at radius 2 is 2.44 bits per heavy atom. The molecule has 1 rings (SSSR count). The van der Waals surface area contributed by atoms with E-state index in [-0.39, 0.29) is 16.1 Å². The van der Waals surface area contributed by atoms with Crippen molar-refractivity contribution >= 4 is 40.4 Å². The average Bonchev–Trinajstić information content (AvgIpc) is 2.22. The Morgan fingerprint density at radius 3 is 3.06 bits per heavy atom. The summed E-state index contributed by atoms with van der Waals surface area (Å²) in [6.07, 6.45) is 6.08. The van der Waals surface area contributed by atoms with E-state index in [1.165, 1.54) is 11.8 Å². The van der Waals surface area contributed by atoms with E-state index in [4.69, 9.17) is 17.3 Å². The fourth-order valence-corrected chi connectivity index (χ4v) is 1.63. The minimum Gasteiger partial charge on any atom is -0.381 e. The van der Waals surface area contributed by atoms with Gasteiger partial charge in [-0.3, -0.25) is 4.79 Å². The Bertz CT molecular complexity index is 409. The predicted molar refractivity (Wildman–Crippen MR) is 68.2 cm³/mol. The molecule has 0 bridgehead atoms. The molecular weight excluding hydrogens is 246 g/mol. The molecule has 0 atom stereocenters. The van der Waals surface area contributed by atoms with Gasteiger partial charge in [-0.1, -0.05) is 29.4 Å². The lowest BCUT2D eigenvalue weighted by atomic mass is 10.3. The largest absolute Gasteiger partial charge is 0.381 e. The van der Waals surface area contributed by atoms with E-state index in [2.05, 4.69) is 9.97 Å². The summed E-state index contributed by atoms with van der Waals surface area (Å²) < 4.78 is 0. The van der Waals surface area contributed by atoms with Gasteiger partial charge in [0.15, 0.2) is 16.1 Å². The molecule has 0 saturated carbocycles. The van der Waals surface area contributed by atoms with Gasteiger partial charge in [0.1, 0.15) is 0 Å². The van der Waals surface area contributed by atoms with Gasteiger partial charge in [-0.2, -0.15) is 0 Å². The van der Waals surface area contributed by atoms with Crippen LogP contribution in [0.2, 0.25) is 5.15 Å². The third-order valence-corrected chi connectivity index (χ3v) is 2.78. The molecule has 6 heteroatoms. The summed E-state index contributed by atoms with van der Waals surface area (Å²) >= 11 is 7.01. The molecular formula is C10H12ClN3OS. The zero-order valence-corrected chi connectivity index (χ0v) is 10.4. The Morgan fingerprint density at radius 1 is 1.69 bits per heavy atom. The van der Waals surface area contributed by atoms with Crippen LogP contribution in [0.15, 0.2) is 12.3 Å². The third-order valence-electron chi connectivity index (χ3n) is 1.65. The van der Waals surface area contributed by atoms with E-state index >= 15 is 0 Å². The lowest BCUT2D eigenvalue weighted by Crippen LogP contribution is -1.94. The number of nitrogens with two attached hydrogens (primary N) is 1. The smallest absolute Gasteiger partial charge is 0.185 e. The van der Waals surface area contributed by atoms with Gasteiger partial charge in [0.2, 0.25) is 0 Å². The number of aromatic nitrogens is 2. The minimum absolute atomic E-state index is 0.128. The Labute approximate surface area is 103 Å². The summed E-state index contributed by atoms with van der Waals surface area (Å²) in [7, 11) is 0. The van der Waals surface area contributed by atoms with Gasteiger partial charge >= 0.3 is 0 Å². The highest BCUT2D eigenvalue weighted by molar-refractivity contribution is 8.13. The number of hydrogen-bond donors (Lipinski definition) is 1. The van der Waals surface area contributed by atoms with Gasteiger partial charge in [0, 0.05) is 12.7 Å². The molecule has 0 aliphatic carbocycles. The fourth-order valence-electron chi connectivity index (χ4n) is 0.944. The number of nitrogen functional groups attached to an aromatic ring is 1. The standard InChI is InChI=1S/C10H12ClN3OS/c1-7(15)16-5-3-2-4-8-6-13-10(12)9(11)14-8/h2,4,6H,3,5H2,1H3,(H2,12,13). The van der Waals surface area contributed by atoms with E-state index in [9.17, 15) is 4.79 Å². The number of allylic oxidation sites excluding steroid dienone is 1. The van der Waals surface area contributed by atoms with Gasteiger partial charge in [-0.15, -0.1) is 0 Å². The van der Waals surface area contributed by atoms with E-state index < -0.39 is 0 Å². The van der Waals surface area contributed by atoms with Crippen molar-refractivity contribution in [2.45, 2.75) is 13.3 Å². The second kappa shape index (κ2) is 6.50. The normalized spacial score (nSPS) is 10.9. The molecule has 0 radical (unpaired) electrons. The number of halogens is 1. The van der Waals surface area contributed by atoms with Crippen LogP contribution in [-0.2, 0) is 4.79 Å². The van der Waals surface area contributed by atoms with Crippen molar-refractivity contribution in [3.05, 3.63) is 23.1 Å². The van der Waals surface area contributed by atoms with Gasteiger partial charge < -0.3 is 5.73 Å². The van der Waals surface area contributed by atoms with Gasteiger partial charge in [0.05, 0.1) is 11.9 Å². The predicted octanol–water partition coefficient (Wildman–Crippen LogP) is 2.40. The molecule has 1 aromatic heterocycles. The average molecular weight is 258 g/mol. The van der Waals surface area contributed by atoms with Gasteiger partial charge in [0.25, 0.3) is 0 Å². The monoisotopic (exact) mass is 257 g/mol. The molecule has 86 valence electrons. The first-order chi connectivity index (χ1) is 7.59. The Balaban J connectivity index is 2.44. The summed E-state index contributed by atoms with van der Waals surface area (Å²) in [5.41, 5.74) is 6.09. The zero-order chi connectivity index (χ0) is 12.0. The van der Waals surface area contributed by atoms with Crippen LogP contribution in [0.5, 0.6) is 0 Å². The highest BCUT2D eigenvalue weighted by Gasteiger charge is 1.98. The molecule has 0 aliphatic rings. The molecule has 0 amide bonds. The summed E-state index contributed by atoms with van der Waals surface area (Å²) in [6.45, 7) is 1.56. The van der Waals surface area contributed by atoms with E-state index in [0.717, 1.165) is 12.2 Å². The van der Waals surface area contributed by atoms with Crippen molar-refractivity contribution in [3.8, 4) is 0 Å². The second-order valence-electron chi connectivity index (χ2n) is 3.00. The molecule has 1 heterocycles.